The van der Waals surface area contributed by atoms with E-state index in [0.29, 0.717) is 38.8 Å². The lowest BCUT2D eigenvalue weighted by Crippen LogP contribution is -2.51. The second-order valence-corrected chi connectivity index (χ2v) is 10.2. The van der Waals surface area contributed by atoms with Crippen molar-refractivity contribution in [3.05, 3.63) is 54.4 Å². The Bertz CT molecular complexity index is 908. The Hall–Kier alpha value is -2.69. The molecule has 1 fully saturated rings. The second-order valence-electron chi connectivity index (χ2n) is 10.2. The normalized spacial score (nSPS) is 16.1. The van der Waals surface area contributed by atoms with Gasteiger partial charge in [-0.15, -0.1) is 0 Å². The third-order valence-electron chi connectivity index (χ3n) is 6.10. The molecule has 5 heteroatoms. The van der Waals surface area contributed by atoms with Crippen molar-refractivity contribution in [3.8, 4) is 11.1 Å². The van der Waals surface area contributed by atoms with Crippen molar-refractivity contribution in [3.63, 3.8) is 0 Å². The first kappa shape index (κ1) is 23.0. The lowest BCUT2D eigenvalue weighted by molar-refractivity contribution is -0.146. The average molecular weight is 422 g/mol. The van der Waals surface area contributed by atoms with Crippen LogP contribution in [0.2, 0.25) is 0 Å². The van der Waals surface area contributed by atoms with Crippen LogP contribution in [0.3, 0.4) is 0 Å². The van der Waals surface area contributed by atoms with Gasteiger partial charge in [0.1, 0.15) is 0 Å². The zero-order valence-corrected chi connectivity index (χ0v) is 19.5. The molecular weight excluding hydrogens is 386 g/mol. The van der Waals surface area contributed by atoms with Crippen molar-refractivity contribution in [2.24, 2.45) is 10.8 Å². The van der Waals surface area contributed by atoms with Gasteiger partial charge in [0.05, 0.1) is 5.41 Å². The number of amides is 2. The molecule has 2 aromatic rings. The number of benzene rings is 1. The molecule has 2 amide bonds. The van der Waals surface area contributed by atoms with Gasteiger partial charge in [0.25, 0.3) is 0 Å². The smallest absolute Gasteiger partial charge is 0.228 e. The van der Waals surface area contributed by atoms with Gasteiger partial charge in [-0.2, -0.15) is 0 Å². The summed E-state index contributed by atoms with van der Waals surface area (Å²) >= 11 is 0. The highest BCUT2D eigenvalue weighted by Gasteiger charge is 2.43. The summed E-state index contributed by atoms with van der Waals surface area (Å²) in [5, 5.41) is 0. The van der Waals surface area contributed by atoms with E-state index in [1.54, 1.807) is 17.3 Å². The minimum absolute atomic E-state index is 0.0293. The number of hydrogen-bond donors (Lipinski definition) is 0. The van der Waals surface area contributed by atoms with Crippen molar-refractivity contribution >= 4 is 11.8 Å². The molecule has 1 aliphatic rings. The molecule has 0 spiro atoms. The van der Waals surface area contributed by atoms with Crippen LogP contribution in [-0.4, -0.2) is 53.8 Å². The number of pyridine rings is 1. The quantitative estimate of drug-likeness (QED) is 0.718. The zero-order valence-electron chi connectivity index (χ0n) is 19.5. The minimum Gasteiger partial charge on any atom is -0.348 e. The number of hydrogen-bond acceptors (Lipinski definition) is 3. The lowest BCUT2D eigenvalue weighted by Gasteiger charge is -2.42. The fraction of sp³-hybridized carbons (Fsp3) is 0.500. The van der Waals surface area contributed by atoms with Crippen LogP contribution in [-0.2, 0) is 16.0 Å². The predicted octanol–water partition coefficient (Wildman–Crippen LogP) is 4.42. The number of rotatable bonds is 5. The maximum absolute atomic E-state index is 13.3. The Balaban J connectivity index is 1.80. The Morgan fingerprint density at radius 2 is 1.68 bits per heavy atom. The number of nitrogens with zero attached hydrogens (tertiary/aromatic N) is 3. The van der Waals surface area contributed by atoms with Gasteiger partial charge in [-0.05, 0) is 53.5 Å². The predicted molar refractivity (Wildman–Crippen MR) is 124 cm³/mol. The fourth-order valence-electron chi connectivity index (χ4n) is 4.49. The highest BCUT2D eigenvalue weighted by molar-refractivity contribution is 5.84. The van der Waals surface area contributed by atoms with E-state index < -0.39 is 5.41 Å². The van der Waals surface area contributed by atoms with Crippen LogP contribution in [0.5, 0.6) is 0 Å². The van der Waals surface area contributed by atoms with Gasteiger partial charge < -0.3 is 9.80 Å². The summed E-state index contributed by atoms with van der Waals surface area (Å²) in [5.74, 6) is 0.350. The maximum Gasteiger partial charge on any atom is 0.228 e. The van der Waals surface area contributed by atoms with Crippen LogP contribution in [0.15, 0.2) is 48.8 Å². The number of carbonyl (C=O) groups is 2. The van der Waals surface area contributed by atoms with Gasteiger partial charge in [-0.1, -0.05) is 45.0 Å². The summed E-state index contributed by atoms with van der Waals surface area (Å²) < 4.78 is 0. The highest BCUT2D eigenvalue weighted by atomic mass is 16.2. The van der Waals surface area contributed by atoms with E-state index in [4.69, 9.17) is 0 Å². The molecule has 0 bridgehead atoms. The standard InChI is InChI=1S/C26H35N3O2/c1-25(2,3)19-23(30)29-15-11-26(12-16-29,24(31)28(4)5)18-20-7-6-8-22(17-20)21-9-13-27-14-10-21/h6-10,13-14,17H,11-12,15-16,18-19H2,1-5H3. The van der Waals surface area contributed by atoms with Crippen LogP contribution in [0, 0.1) is 10.8 Å². The second kappa shape index (κ2) is 9.21. The summed E-state index contributed by atoms with van der Waals surface area (Å²) in [5.41, 5.74) is 2.90. The molecule has 0 unspecified atom stereocenters. The van der Waals surface area contributed by atoms with Gasteiger partial charge in [-0.3, -0.25) is 14.6 Å². The molecule has 1 aromatic carbocycles. The molecule has 31 heavy (non-hydrogen) atoms. The molecular formula is C26H35N3O2. The molecule has 5 nitrogen and oxygen atoms in total. The van der Waals surface area contributed by atoms with E-state index in [2.05, 4.69) is 50.0 Å². The Labute approximate surface area is 186 Å². The number of piperidine rings is 1. The van der Waals surface area contributed by atoms with Gasteiger partial charge in [0.2, 0.25) is 11.8 Å². The van der Waals surface area contributed by atoms with E-state index >= 15 is 0 Å². The molecule has 0 N–H and O–H groups in total. The van der Waals surface area contributed by atoms with Crippen LogP contribution in [0.25, 0.3) is 11.1 Å². The first-order valence-electron chi connectivity index (χ1n) is 11.1. The van der Waals surface area contributed by atoms with Crippen molar-refractivity contribution < 1.29 is 9.59 Å². The lowest BCUT2D eigenvalue weighted by atomic mass is 9.72. The minimum atomic E-state index is -0.473. The van der Waals surface area contributed by atoms with Gasteiger partial charge in [-0.25, -0.2) is 0 Å². The van der Waals surface area contributed by atoms with Crippen LogP contribution >= 0.6 is 0 Å². The highest BCUT2D eigenvalue weighted by Crippen LogP contribution is 2.38. The largest absolute Gasteiger partial charge is 0.348 e. The SMILES string of the molecule is CN(C)C(=O)C1(Cc2cccc(-c3ccncc3)c2)CCN(C(=O)CC(C)(C)C)CC1. The molecule has 0 radical (unpaired) electrons. The summed E-state index contributed by atoms with van der Waals surface area (Å²) in [6.07, 6.45) is 6.20. The Kier molecular flexibility index (Phi) is 6.83. The molecule has 2 heterocycles. The summed E-state index contributed by atoms with van der Waals surface area (Å²) in [7, 11) is 3.66. The first-order chi connectivity index (χ1) is 14.6. The van der Waals surface area contributed by atoms with E-state index in [0.717, 1.165) is 16.7 Å². The van der Waals surface area contributed by atoms with Crippen molar-refractivity contribution in [2.75, 3.05) is 27.2 Å². The third kappa shape index (κ3) is 5.72. The molecule has 1 aliphatic heterocycles. The van der Waals surface area contributed by atoms with Crippen molar-refractivity contribution in [1.29, 1.82) is 0 Å². The van der Waals surface area contributed by atoms with E-state index in [1.165, 1.54) is 0 Å². The molecule has 0 aliphatic carbocycles. The molecule has 166 valence electrons. The van der Waals surface area contributed by atoms with Crippen LogP contribution in [0.4, 0.5) is 0 Å². The third-order valence-corrected chi connectivity index (χ3v) is 6.10. The molecule has 1 saturated heterocycles. The van der Waals surface area contributed by atoms with Crippen LogP contribution in [0.1, 0.15) is 45.6 Å². The zero-order chi connectivity index (χ0) is 22.6. The van der Waals surface area contributed by atoms with Crippen LogP contribution < -0.4 is 0 Å². The molecule has 1 aromatic heterocycles. The molecule has 3 rings (SSSR count). The number of likely N-dealkylation sites (tertiary alicyclic amines) is 1. The Morgan fingerprint density at radius 3 is 2.26 bits per heavy atom. The first-order valence-corrected chi connectivity index (χ1v) is 11.1. The summed E-state index contributed by atoms with van der Waals surface area (Å²) in [6.45, 7) is 7.54. The number of carbonyl (C=O) groups excluding carboxylic acids is 2. The topological polar surface area (TPSA) is 53.5 Å². The monoisotopic (exact) mass is 421 g/mol. The van der Waals surface area contributed by atoms with Gasteiger partial charge >= 0.3 is 0 Å². The van der Waals surface area contributed by atoms with E-state index in [9.17, 15) is 9.59 Å². The summed E-state index contributed by atoms with van der Waals surface area (Å²) in [6, 6.07) is 12.4. The maximum atomic E-state index is 13.3. The van der Waals surface area contributed by atoms with E-state index in [1.807, 2.05) is 31.1 Å². The molecule has 0 atom stereocenters. The number of aromatic nitrogens is 1. The van der Waals surface area contributed by atoms with E-state index in [-0.39, 0.29) is 17.2 Å². The van der Waals surface area contributed by atoms with Gasteiger partial charge in [0, 0.05) is 46.0 Å². The van der Waals surface area contributed by atoms with Gasteiger partial charge in [0.15, 0.2) is 0 Å². The van der Waals surface area contributed by atoms with Crippen molar-refractivity contribution in [2.45, 2.75) is 46.5 Å². The van der Waals surface area contributed by atoms with Crippen molar-refractivity contribution in [1.82, 2.24) is 14.8 Å². The fourth-order valence-corrected chi connectivity index (χ4v) is 4.49. The summed E-state index contributed by atoms with van der Waals surface area (Å²) in [4.78, 5) is 33.8. The molecule has 0 saturated carbocycles. The Morgan fingerprint density at radius 1 is 1.03 bits per heavy atom. The average Bonchev–Trinajstić information content (AvgIpc) is 2.73.